The molecule has 52 valence electrons. The molecule has 4 nitrogen and oxygen atoms in total. The van der Waals surface area contributed by atoms with Gasteiger partial charge in [-0.15, -0.1) is 0 Å². The lowest BCUT2D eigenvalue weighted by atomic mass is 10.4. The summed E-state index contributed by atoms with van der Waals surface area (Å²) in [6.45, 7) is 0.659. The van der Waals surface area contributed by atoms with Gasteiger partial charge in [0.15, 0.2) is 0 Å². The molecule has 10 heavy (non-hydrogen) atoms. The van der Waals surface area contributed by atoms with Gasteiger partial charge in [0.1, 0.15) is 18.2 Å². The van der Waals surface area contributed by atoms with Gasteiger partial charge in [0.05, 0.1) is 12.5 Å². The fraction of sp³-hybridized carbons (Fsp3) is 0.333. The molecule has 0 spiro atoms. The first-order chi connectivity index (χ1) is 4.88. The van der Waals surface area contributed by atoms with E-state index in [1.807, 2.05) is 11.6 Å². The van der Waals surface area contributed by atoms with Gasteiger partial charge in [-0.3, -0.25) is 4.99 Å². The van der Waals surface area contributed by atoms with E-state index in [9.17, 15) is 0 Å². The molecule has 2 heterocycles. The number of aliphatic imine (C=N–C) groups is 1. The zero-order valence-corrected chi connectivity index (χ0v) is 5.70. The highest BCUT2D eigenvalue weighted by Gasteiger charge is 2.07. The van der Waals surface area contributed by atoms with E-state index >= 15 is 0 Å². The SMILES string of the molecule is Cn1cnc2c1NCN=C2. The summed E-state index contributed by atoms with van der Waals surface area (Å²) in [6.07, 6.45) is 3.56. The highest BCUT2D eigenvalue weighted by atomic mass is 15.2. The van der Waals surface area contributed by atoms with Gasteiger partial charge in [-0.1, -0.05) is 0 Å². The van der Waals surface area contributed by atoms with Crippen LogP contribution in [0.2, 0.25) is 0 Å². The van der Waals surface area contributed by atoms with Gasteiger partial charge in [-0.25, -0.2) is 4.98 Å². The molecule has 2 rings (SSSR count). The third-order valence-corrected chi connectivity index (χ3v) is 1.52. The molecule has 1 N–H and O–H groups in total. The van der Waals surface area contributed by atoms with Crippen molar-refractivity contribution < 1.29 is 0 Å². The third-order valence-electron chi connectivity index (χ3n) is 1.52. The van der Waals surface area contributed by atoms with Crippen LogP contribution in [0.3, 0.4) is 0 Å². The maximum Gasteiger partial charge on any atom is 0.136 e. The summed E-state index contributed by atoms with van der Waals surface area (Å²) in [5.41, 5.74) is 0.925. The second-order valence-electron chi connectivity index (χ2n) is 2.24. The van der Waals surface area contributed by atoms with Crippen LogP contribution in [0, 0.1) is 0 Å². The van der Waals surface area contributed by atoms with Gasteiger partial charge < -0.3 is 9.88 Å². The Hall–Kier alpha value is -1.32. The molecule has 0 radical (unpaired) electrons. The topological polar surface area (TPSA) is 42.2 Å². The van der Waals surface area contributed by atoms with Crippen LogP contribution in [-0.2, 0) is 7.05 Å². The van der Waals surface area contributed by atoms with E-state index < -0.39 is 0 Å². The van der Waals surface area contributed by atoms with Crippen molar-refractivity contribution in [3.63, 3.8) is 0 Å². The first-order valence-corrected chi connectivity index (χ1v) is 3.13. The molecule has 0 amide bonds. The Bertz CT molecular complexity index is 273. The van der Waals surface area contributed by atoms with E-state index in [0.29, 0.717) is 6.67 Å². The molecule has 1 aromatic rings. The van der Waals surface area contributed by atoms with Crippen LogP contribution in [0.15, 0.2) is 11.3 Å². The lowest BCUT2D eigenvalue weighted by Gasteiger charge is -2.07. The van der Waals surface area contributed by atoms with Crippen molar-refractivity contribution in [2.45, 2.75) is 0 Å². The minimum absolute atomic E-state index is 0.659. The van der Waals surface area contributed by atoms with Gasteiger partial charge in [-0.2, -0.15) is 0 Å². The van der Waals surface area contributed by atoms with Crippen molar-refractivity contribution >= 4 is 12.0 Å². The zero-order valence-electron chi connectivity index (χ0n) is 5.70. The monoisotopic (exact) mass is 136 g/mol. The molecule has 0 bridgehead atoms. The van der Waals surface area contributed by atoms with Crippen molar-refractivity contribution in [2.75, 3.05) is 12.0 Å². The number of imidazole rings is 1. The lowest BCUT2D eigenvalue weighted by Crippen LogP contribution is -2.09. The van der Waals surface area contributed by atoms with Gasteiger partial charge in [0.25, 0.3) is 0 Å². The van der Waals surface area contributed by atoms with E-state index in [1.54, 1.807) is 12.5 Å². The van der Waals surface area contributed by atoms with E-state index in [2.05, 4.69) is 15.3 Å². The number of hydrogen-bond acceptors (Lipinski definition) is 3. The standard InChI is InChI=1S/C6H8N4/c1-10-4-9-5-2-7-3-8-6(5)10/h2,4,8H,3H2,1H3. The molecule has 0 aliphatic carbocycles. The maximum absolute atomic E-state index is 4.11. The van der Waals surface area contributed by atoms with Crippen LogP contribution in [0.1, 0.15) is 5.69 Å². The van der Waals surface area contributed by atoms with E-state index in [4.69, 9.17) is 0 Å². The summed E-state index contributed by atoms with van der Waals surface area (Å²) >= 11 is 0. The molecule has 0 saturated carbocycles. The molecule has 0 fully saturated rings. The Balaban J connectivity index is 2.57. The number of nitrogens with zero attached hydrogens (tertiary/aromatic N) is 3. The number of nitrogens with one attached hydrogen (secondary N) is 1. The van der Waals surface area contributed by atoms with Gasteiger partial charge in [0, 0.05) is 7.05 Å². The fourth-order valence-corrected chi connectivity index (χ4v) is 1.01. The lowest BCUT2D eigenvalue weighted by molar-refractivity contribution is 0.904. The number of rotatable bonds is 0. The Labute approximate surface area is 58.6 Å². The molecule has 1 aromatic heterocycles. The van der Waals surface area contributed by atoms with Crippen molar-refractivity contribution in [3.8, 4) is 0 Å². The number of aryl methyl sites for hydroxylation is 1. The highest BCUT2D eigenvalue weighted by molar-refractivity contribution is 5.85. The van der Waals surface area contributed by atoms with Crippen molar-refractivity contribution in [1.82, 2.24) is 9.55 Å². The van der Waals surface area contributed by atoms with Crippen LogP contribution in [-0.4, -0.2) is 22.4 Å². The van der Waals surface area contributed by atoms with Crippen molar-refractivity contribution in [3.05, 3.63) is 12.0 Å². The molecule has 4 heteroatoms. The first kappa shape index (κ1) is 5.46. The summed E-state index contributed by atoms with van der Waals surface area (Å²) in [4.78, 5) is 8.13. The quantitative estimate of drug-likeness (QED) is 0.554. The van der Waals surface area contributed by atoms with Crippen LogP contribution in [0.4, 0.5) is 5.82 Å². The van der Waals surface area contributed by atoms with Crippen LogP contribution < -0.4 is 5.32 Å². The van der Waals surface area contributed by atoms with Gasteiger partial charge in [0.2, 0.25) is 0 Å². The minimum Gasteiger partial charge on any atom is -0.351 e. The predicted octanol–water partition coefficient (Wildman–Crippen LogP) is 0.222. The smallest absolute Gasteiger partial charge is 0.136 e. The third kappa shape index (κ3) is 0.618. The second kappa shape index (κ2) is 1.83. The largest absolute Gasteiger partial charge is 0.351 e. The van der Waals surface area contributed by atoms with Crippen molar-refractivity contribution in [1.29, 1.82) is 0 Å². The molecule has 1 aliphatic rings. The van der Waals surface area contributed by atoms with E-state index in [1.165, 1.54) is 0 Å². The van der Waals surface area contributed by atoms with E-state index in [0.717, 1.165) is 11.5 Å². The summed E-state index contributed by atoms with van der Waals surface area (Å²) in [6, 6.07) is 0. The Morgan fingerprint density at radius 1 is 1.70 bits per heavy atom. The fourth-order valence-electron chi connectivity index (χ4n) is 1.01. The summed E-state index contributed by atoms with van der Waals surface area (Å²) in [7, 11) is 1.96. The number of fused-ring (bicyclic) bond motifs is 1. The van der Waals surface area contributed by atoms with Gasteiger partial charge >= 0.3 is 0 Å². The molecule has 0 unspecified atom stereocenters. The predicted molar refractivity (Wildman–Crippen MR) is 39.3 cm³/mol. The second-order valence-corrected chi connectivity index (χ2v) is 2.24. The van der Waals surface area contributed by atoms with Crippen LogP contribution in [0.5, 0.6) is 0 Å². The average Bonchev–Trinajstić information content (AvgIpc) is 2.34. The van der Waals surface area contributed by atoms with Crippen molar-refractivity contribution in [2.24, 2.45) is 12.0 Å². The molecular formula is C6H8N4. The molecule has 1 aliphatic heterocycles. The summed E-state index contributed by atoms with van der Waals surface area (Å²) < 4.78 is 1.94. The van der Waals surface area contributed by atoms with E-state index in [-0.39, 0.29) is 0 Å². The Morgan fingerprint density at radius 2 is 2.60 bits per heavy atom. The maximum atomic E-state index is 4.11. The molecular weight excluding hydrogens is 128 g/mol. The zero-order chi connectivity index (χ0) is 6.97. The highest BCUT2D eigenvalue weighted by Crippen LogP contribution is 2.12. The first-order valence-electron chi connectivity index (χ1n) is 3.13. The normalized spacial score (nSPS) is 14.5. The summed E-state index contributed by atoms with van der Waals surface area (Å²) in [5, 5.41) is 3.11. The number of aromatic nitrogens is 2. The van der Waals surface area contributed by atoms with Crippen LogP contribution in [0.25, 0.3) is 0 Å². The number of anilines is 1. The van der Waals surface area contributed by atoms with Gasteiger partial charge in [-0.05, 0) is 0 Å². The molecule has 0 atom stereocenters. The Morgan fingerprint density at radius 3 is 3.40 bits per heavy atom. The summed E-state index contributed by atoms with van der Waals surface area (Å²) in [5.74, 6) is 1.05. The number of hydrogen-bond donors (Lipinski definition) is 1. The Kier molecular flexibility index (Phi) is 1.00. The average molecular weight is 136 g/mol. The molecule has 0 aromatic carbocycles. The minimum atomic E-state index is 0.659. The van der Waals surface area contributed by atoms with Crippen LogP contribution >= 0.6 is 0 Å². The molecule has 0 saturated heterocycles.